The Kier molecular flexibility index (Phi) is 18.8. The second kappa shape index (κ2) is 24.5. The standard InChI is InChI=1S/C22H26N2O2.C22H18.C8H18BNO.C8H16O2/c1-15-9-3-5-11-17(15)21(25)23-19-13-7-8-14-20(19)24-22(26)18-12-6-4-10-16(18)2;1-15-11-13-17-7-3-5-9-19(17)21(15)22-16(2)12-14-18-8-4-6-10-20(18)22;1-4-8-5-7(2)6-10(8)9(3)11;1-5-7-6(2)9-8(3,4)10-7/h3-6,9-12,19-20H,7-8,13-14H2,1-2H3,(H,23,25)(H,24,26);3-14H,1-2H3;7-8,11H,4-6H2,1-3H3;6-7H,5H2,1-4H3/t19-,20-;;7-,8+;6-,7-/m0.01/s1. The Labute approximate surface area is 413 Å². The van der Waals surface area contributed by atoms with E-state index in [1.807, 2.05) is 83.0 Å². The van der Waals surface area contributed by atoms with Gasteiger partial charge >= 0.3 is 7.05 Å². The molecule has 69 heavy (non-hydrogen) atoms. The predicted octanol–water partition coefficient (Wildman–Crippen LogP) is 13.2. The van der Waals surface area contributed by atoms with Crippen molar-refractivity contribution >= 4 is 40.4 Å². The third-order valence-corrected chi connectivity index (χ3v) is 14.2. The molecule has 2 heterocycles. The van der Waals surface area contributed by atoms with Gasteiger partial charge in [0.2, 0.25) is 0 Å². The second-order valence-electron chi connectivity index (χ2n) is 20.1. The lowest BCUT2D eigenvalue weighted by Crippen LogP contribution is -2.53. The summed E-state index contributed by atoms with van der Waals surface area (Å²) in [6.45, 7) is 23.8. The summed E-state index contributed by atoms with van der Waals surface area (Å²) >= 11 is 0. The van der Waals surface area contributed by atoms with Crippen LogP contribution in [0.25, 0.3) is 32.7 Å². The number of nitrogens with one attached hydrogen (secondary N) is 2. The van der Waals surface area contributed by atoms with Gasteiger partial charge in [-0.2, -0.15) is 0 Å². The number of fused-ring (bicyclic) bond motifs is 2. The molecule has 9 heteroatoms. The van der Waals surface area contributed by atoms with Gasteiger partial charge in [0, 0.05) is 29.3 Å². The molecular weight excluding hydrogens is 853 g/mol. The van der Waals surface area contributed by atoms with Gasteiger partial charge in [-0.05, 0) is 167 Å². The Bertz CT molecular complexity index is 2500. The van der Waals surface area contributed by atoms with Gasteiger partial charge < -0.3 is 29.9 Å². The number of ether oxygens (including phenoxy) is 2. The van der Waals surface area contributed by atoms with E-state index in [1.54, 1.807) is 0 Å². The highest BCUT2D eigenvalue weighted by Gasteiger charge is 2.37. The Hall–Kier alpha value is -5.32. The molecule has 0 spiro atoms. The molecular formula is C60H78BN3O5. The lowest BCUT2D eigenvalue weighted by molar-refractivity contribution is -0.145. The van der Waals surface area contributed by atoms with Gasteiger partial charge in [0.15, 0.2) is 5.79 Å². The van der Waals surface area contributed by atoms with E-state index < -0.39 is 0 Å². The highest BCUT2D eigenvalue weighted by molar-refractivity contribution is 6.45. The summed E-state index contributed by atoms with van der Waals surface area (Å²) in [6, 6.07) is 41.9. The maximum atomic E-state index is 12.7. The van der Waals surface area contributed by atoms with Gasteiger partial charge in [-0.15, -0.1) is 0 Å². The lowest BCUT2D eigenvalue weighted by atomic mass is 9.84. The van der Waals surface area contributed by atoms with E-state index >= 15 is 0 Å². The first-order valence-corrected chi connectivity index (χ1v) is 25.5. The van der Waals surface area contributed by atoms with Crippen molar-refractivity contribution in [3.8, 4) is 11.1 Å². The number of hydrogen-bond donors (Lipinski definition) is 3. The van der Waals surface area contributed by atoms with Crippen molar-refractivity contribution in [3.05, 3.63) is 155 Å². The smallest absolute Gasteiger partial charge is 0.376 e. The third kappa shape index (κ3) is 13.7. The number of carbonyl (C=O) groups is 2. The summed E-state index contributed by atoms with van der Waals surface area (Å²) in [6.07, 6.45) is 7.88. The van der Waals surface area contributed by atoms with E-state index in [9.17, 15) is 14.6 Å². The Balaban J connectivity index is 0.000000163. The van der Waals surface area contributed by atoms with Crippen molar-refractivity contribution in [1.29, 1.82) is 0 Å². The molecule has 2 aliphatic heterocycles. The lowest BCUT2D eigenvalue weighted by Gasteiger charge is -2.33. The molecule has 8 nitrogen and oxygen atoms in total. The van der Waals surface area contributed by atoms with Gasteiger partial charge in [0.25, 0.3) is 11.8 Å². The maximum absolute atomic E-state index is 12.7. The minimum Gasteiger partial charge on any atom is -0.437 e. The number of aryl methyl sites for hydroxylation is 4. The molecule has 3 fully saturated rings. The van der Waals surface area contributed by atoms with Crippen LogP contribution in [0.2, 0.25) is 6.82 Å². The average molecular weight is 932 g/mol. The van der Waals surface area contributed by atoms with Crippen LogP contribution in [0, 0.1) is 33.6 Å². The molecule has 2 saturated heterocycles. The minimum absolute atomic E-state index is 0.0381. The molecule has 6 aromatic rings. The molecule has 1 aliphatic carbocycles. The molecule has 9 rings (SSSR count). The first-order chi connectivity index (χ1) is 33.0. The van der Waals surface area contributed by atoms with Crippen LogP contribution < -0.4 is 10.6 Å². The molecule has 0 bridgehead atoms. The van der Waals surface area contributed by atoms with E-state index in [-0.39, 0.29) is 48.9 Å². The fraction of sp³-hybridized carbons (Fsp3) is 0.433. The van der Waals surface area contributed by atoms with Crippen LogP contribution in [-0.2, 0) is 9.47 Å². The molecule has 2 amide bonds. The number of nitrogens with zero attached hydrogens (tertiary/aromatic N) is 1. The summed E-state index contributed by atoms with van der Waals surface area (Å²) in [7, 11) is -0.259. The Morgan fingerprint density at radius 3 is 1.46 bits per heavy atom. The first-order valence-electron chi connectivity index (χ1n) is 25.5. The molecule has 0 aromatic heterocycles. The largest absolute Gasteiger partial charge is 0.437 e. The number of hydrogen-bond acceptors (Lipinski definition) is 6. The van der Waals surface area contributed by atoms with E-state index in [1.165, 1.54) is 50.2 Å². The predicted molar refractivity (Wildman–Crippen MR) is 288 cm³/mol. The fourth-order valence-electron chi connectivity index (χ4n) is 10.5. The monoisotopic (exact) mass is 932 g/mol. The van der Waals surface area contributed by atoms with Crippen LogP contribution in [0.4, 0.5) is 0 Å². The van der Waals surface area contributed by atoms with E-state index in [0.29, 0.717) is 17.2 Å². The average Bonchev–Trinajstić information content (AvgIpc) is 3.86. The van der Waals surface area contributed by atoms with Gasteiger partial charge in [0.05, 0.1) is 12.2 Å². The summed E-state index contributed by atoms with van der Waals surface area (Å²) < 4.78 is 11.1. The number of rotatable bonds is 8. The number of benzene rings is 6. The summed E-state index contributed by atoms with van der Waals surface area (Å²) in [5.74, 6) is 0.268. The van der Waals surface area contributed by atoms with Crippen molar-refractivity contribution in [2.24, 2.45) is 5.92 Å². The van der Waals surface area contributed by atoms with Crippen molar-refractivity contribution < 1.29 is 24.1 Å². The molecule has 3 aliphatic rings. The van der Waals surface area contributed by atoms with E-state index in [0.717, 1.165) is 62.1 Å². The highest BCUT2D eigenvalue weighted by Crippen LogP contribution is 2.38. The summed E-state index contributed by atoms with van der Waals surface area (Å²) in [5.41, 5.74) is 8.71. The van der Waals surface area contributed by atoms with Gasteiger partial charge in [-0.3, -0.25) is 9.59 Å². The SMILES string of the molecule is CC[C@@H]1C[C@H](C)CN1B(C)O.CC[C@H]1OC(C)(C)O[C@@H]1C.Cc1ccc2ccccc2c1-c1c(C)ccc2ccccc12.Cc1ccccc1C(=O)N[C@H]1CCCC[C@@H]1NC(=O)c1ccccc1C. The zero-order valence-corrected chi connectivity index (χ0v) is 43.3. The zero-order chi connectivity index (χ0) is 49.8. The first kappa shape index (κ1) is 53.0. The Morgan fingerprint density at radius 1 is 0.638 bits per heavy atom. The van der Waals surface area contributed by atoms with Crippen LogP contribution in [0.15, 0.2) is 121 Å². The molecule has 3 N–H and O–H groups in total. The van der Waals surface area contributed by atoms with Crippen LogP contribution >= 0.6 is 0 Å². The van der Waals surface area contributed by atoms with E-state index in [4.69, 9.17) is 9.47 Å². The van der Waals surface area contributed by atoms with Gasteiger partial charge in [-0.25, -0.2) is 0 Å². The molecule has 0 unspecified atom stereocenters. The quantitative estimate of drug-likeness (QED) is 0.132. The summed E-state index contributed by atoms with van der Waals surface area (Å²) in [5, 5.41) is 21.0. The zero-order valence-electron chi connectivity index (χ0n) is 43.3. The van der Waals surface area contributed by atoms with Crippen LogP contribution in [0.5, 0.6) is 0 Å². The molecule has 0 radical (unpaired) electrons. The molecule has 366 valence electrons. The Morgan fingerprint density at radius 2 is 1.09 bits per heavy atom. The minimum atomic E-state index is -0.361. The third-order valence-electron chi connectivity index (χ3n) is 14.2. The fourth-order valence-corrected chi connectivity index (χ4v) is 10.5. The maximum Gasteiger partial charge on any atom is 0.376 e. The number of carbonyl (C=O) groups excluding carboxylic acids is 2. The van der Waals surface area contributed by atoms with Crippen molar-refractivity contribution in [3.63, 3.8) is 0 Å². The van der Waals surface area contributed by atoms with Crippen LogP contribution in [0.1, 0.15) is 129 Å². The van der Waals surface area contributed by atoms with E-state index in [2.05, 4.69) is 130 Å². The summed E-state index contributed by atoms with van der Waals surface area (Å²) in [4.78, 5) is 27.5. The molecule has 1 saturated carbocycles. The topological polar surface area (TPSA) is 100 Å². The normalized spacial score (nSPS) is 21.7. The second-order valence-corrected chi connectivity index (χ2v) is 20.1. The molecule has 6 atom stereocenters. The van der Waals surface area contributed by atoms with Crippen molar-refractivity contribution in [2.45, 2.75) is 157 Å². The number of amides is 2. The van der Waals surface area contributed by atoms with Crippen molar-refractivity contribution in [2.75, 3.05) is 6.54 Å². The van der Waals surface area contributed by atoms with Crippen LogP contribution in [0.3, 0.4) is 0 Å². The molecule has 6 aromatic carbocycles. The van der Waals surface area contributed by atoms with Crippen molar-refractivity contribution in [1.82, 2.24) is 15.4 Å². The van der Waals surface area contributed by atoms with Gasteiger partial charge in [-0.1, -0.05) is 143 Å². The van der Waals surface area contributed by atoms with Crippen LogP contribution in [-0.4, -0.2) is 71.4 Å². The highest BCUT2D eigenvalue weighted by atomic mass is 16.7. The van der Waals surface area contributed by atoms with Gasteiger partial charge in [0.1, 0.15) is 0 Å².